The minimum atomic E-state index is -4.02. The Morgan fingerprint density at radius 1 is 0.921 bits per heavy atom. The van der Waals surface area contributed by atoms with E-state index in [1.807, 2.05) is 47.7 Å². The van der Waals surface area contributed by atoms with Gasteiger partial charge in [-0.2, -0.15) is 8.42 Å². The van der Waals surface area contributed by atoms with Crippen LogP contribution in [-0.2, 0) is 41.0 Å². The highest BCUT2D eigenvalue weighted by Crippen LogP contribution is 2.22. The van der Waals surface area contributed by atoms with Crippen molar-refractivity contribution in [2.24, 2.45) is 0 Å². The standard InChI is InChI=1S/C12H17N3O2.C7H9N3.C7H8O3S/c1-8-13-5-9-6-15(7-10(9)14-8)11(16)17-12(2,3)4;1-5-9-3-6-2-8-4-7(6)10-5;1-6-2-4-7(5-3-6)11(8,9)10/h5H,6-7H2,1-4H3;3,8H,2,4H2,1H3;2-5H,1H3,(H,8,9,10). The number of hydrogen-bond donors (Lipinski definition) is 2. The van der Waals surface area contributed by atoms with Gasteiger partial charge in [-0.25, -0.2) is 24.7 Å². The summed E-state index contributed by atoms with van der Waals surface area (Å²) in [4.78, 5) is 30.3. The number of fused-ring (bicyclic) bond motifs is 2. The van der Waals surface area contributed by atoms with Gasteiger partial charge in [0.25, 0.3) is 10.1 Å². The third kappa shape index (κ3) is 8.54. The Morgan fingerprint density at radius 3 is 2.08 bits per heavy atom. The van der Waals surface area contributed by atoms with E-state index in [9.17, 15) is 13.2 Å². The van der Waals surface area contributed by atoms with E-state index in [0.29, 0.717) is 13.1 Å². The van der Waals surface area contributed by atoms with Gasteiger partial charge < -0.3 is 10.1 Å². The van der Waals surface area contributed by atoms with E-state index in [1.54, 1.807) is 23.2 Å². The van der Waals surface area contributed by atoms with E-state index in [2.05, 4.69) is 25.3 Å². The molecule has 0 bridgehead atoms. The molecule has 11 nitrogen and oxygen atoms in total. The maximum absolute atomic E-state index is 11.9. The molecule has 38 heavy (non-hydrogen) atoms. The van der Waals surface area contributed by atoms with Crippen molar-refractivity contribution in [3.05, 3.63) is 76.4 Å². The van der Waals surface area contributed by atoms with Crippen molar-refractivity contribution in [3.8, 4) is 0 Å². The number of rotatable bonds is 1. The highest BCUT2D eigenvalue weighted by Gasteiger charge is 2.28. The Kier molecular flexibility index (Phi) is 9.13. The number of aryl methyl sites for hydroxylation is 3. The van der Waals surface area contributed by atoms with Crippen LogP contribution in [0.15, 0.2) is 41.6 Å². The van der Waals surface area contributed by atoms with Crippen LogP contribution in [0.2, 0.25) is 0 Å². The quantitative estimate of drug-likeness (QED) is 0.436. The normalized spacial score (nSPS) is 13.9. The largest absolute Gasteiger partial charge is 0.444 e. The maximum Gasteiger partial charge on any atom is 0.410 e. The van der Waals surface area contributed by atoms with E-state index < -0.39 is 15.7 Å². The molecular formula is C26H34N6O5S. The van der Waals surface area contributed by atoms with Crippen molar-refractivity contribution in [2.45, 2.75) is 78.2 Å². The third-order valence-corrected chi connectivity index (χ3v) is 6.30. The fraction of sp³-hybridized carbons (Fsp3) is 0.423. The Morgan fingerprint density at radius 2 is 1.50 bits per heavy atom. The van der Waals surface area contributed by atoms with Gasteiger partial charge in [-0.05, 0) is 53.7 Å². The monoisotopic (exact) mass is 542 g/mol. The predicted molar refractivity (Wildman–Crippen MR) is 141 cm³/mol. The average Bonchev–Trinajstić information content (AvgIpc) is 3.45. The van der Waals surface area contributed by atoms with Crippen molar-refractivity contribution >= 4 is 16.2 Å². The van der Waals surface area contributed by atoms with E-state index in [4.69, 9.17) is 9.29 Å². The number of nitrogens with one attached hydrogen (secondary N) is 1. The molecule has 204 valence electrons. The zero-order valence-corrected chi connectivity index (χ0v) is 23.3. The van der Waals surface area contributed by atoms with Crippen molar-refractivity contribution < 1.29 is 22.5 Å². The zero-order valence-electron chi connectivity index (χ0n) is 22.5. The second-order valence-corrected chi connectivity index (χ2v) is 11.4. The molecule has 0 fully saturated rings. The van der Waals surface area contributed by atoms with Gasteiger partial charge in [0.05, 0.1) is 29.4 Å². The number of ether oxygens (including phenoxy) is 1. The number of carbonyl (C=O) groups is 1. The molecule has 0 saturated heterocycles. The lowest BCUT2D eigenvalue weighted by molar-refractivity contribution is 0.0240. The first-order valence-electron chi connectivity index (χ1n) is 12.1. The van der Waals surface area contributed by atoms with Gasteiger partial charge in [0.15, 0.2) is 0 Å². The van der Waals surface area contributed by atoms with E-state index in [0.717, 1.165) is 47.3 Å². The van der Waals surface area contributed by atoms with Gasteiger partial charge in [-0.15, -0.1) is 0 Å². The molecule has 0 saturated carbocycles. The Hall–Kier alpha value is -3.48. The van der Waals surface area contributed by atoms with Crippen molar-refractivity contribution in [1.29, 1.82) is 0 Å². The van der Waals surface area contributed by atoms with Crippen LogP contribution in [0, 0.1) is 20.8 Å². The molecule has 0 radical (unpaired) electrons. The molecule has 4 heterocycles. The number of hydrogen-bond acceptors (Lipinski definition) is 9. The Bertz CT molecular complexity index is 1390. The van der Waals surface area contributed by atoms with E-state index in [-0.39, 0.29) is 11.0 Å². The van der Waals surface area contributed by atoms with Crippen LogP contribution in [0.3, 0.4) is 0 Å². The maximum atomic E-state index is 11.9. The molecule has 0 spiro atoms. The minimum absolute atomic E-state index is 0.0666. The fourth-order valence-corrected chi connectivity index (χ4v) is 4.06. The van der Waals surface area contributed by atoms with Crippen LogP contribution in [0.4, 0.5) is 4.79 Å². The number of nitrogens with zero attached hydrogens (tertiary/aromatic N) is 5. The lowest BCUT2D eigenvalue weighted by Crippen LogP contribution is -2.33. The van der Waals surface area contributed by atoms with Crippen LogP contribution in [0.1, 0.15) is 60.5 Å². The van der Waals surface area contributed by atoms with Gasteiger partial charge in [0.1, 0.15) is 17.2 Å². The van der Waals surface area contributed by atoms with Gasteiger partial charge in [-0.3, -0.25) is 9.45 Å². The Balaban J connectivity index is 0.000000166. The third-order valence-electron chi connectivity index (χ3n) is 5.43. The van der Waals surface area contributed by atoms with Crippen LogP contribution < -0.4 is 5.32 Å². The molecule has 2 aliphatic heterocycles. The first kappa shape index (κ1) is 29.1. The van der Waals surface area contributed by atoms with E-state index >= 15 is 0 Å². The van der Waals surface area contributed by atoms with Gasteiger partial charge in [0.2, 0.25) is 0 Å². The first-order valence-corrected chi connectivity index (χ1v) is 13.5. The number of amides is 1. The molecule has 2 N–H and O–H groups in total. The van der Waals surface area contributed by atoms with Crippen molar-refractivity contribution in [1.82, 2.24) is 30.2 Å². The second-order valence-electron chi connectivity index (χ2n) is 10.0. The molecule has 5 rings (SSSR count). The summed E-state index contributed by atoms with van der Waals surface area (Å²) in [7, 11) is -4.02. The fourth-order valence-electron chi connectivity index (χ4n) is 3.58. The van der Waals surface area contributed by atoms with Crippen molar-refractivity contribution in [2.75, 3.05) is 0 Å². The summed E-state index contributed by atoms with van der Waals surface area (Å²) in [5.74, 6) is 1.59. The highest BCUT2D eigenvalue weighted by atomic mass is 32.2. The molecule has 1 amide bonds. The molecule has 1 aromatic carbocycles. The van der Waals surface area contributed by atoms with Gasteiger partial charge >= 0.3 is 6.09 Å². The summed E-state index contributed by atoms with van der Waals surface area (Å²) in [5, 5.41) is 3.21. The predicted octanol–water partition coefficient (Wildman–Crippen LogP) is 3.67. The summed E-state index contributed by atoms with van der Waals surface area (Å²) < 4.78 is 34.9. The smallest absolute Gasteiger partial charge is 0.410 e. The molecule has 2 aromatic heterocycles. The van der Waals surface area contributed by atoms with Crippen LogP contribution in [0.5, 0.6) is 0 Å². The SMILES string of the molecule is Cc1ccc(S(=O)(=O)O)cc1.Cc1ncc2c(n1)CN(C(=O)OC(C)(C)C)C2.Cc1ncc2c(n1)CNC2. The second kappa shape index (κ2) is 11.9. The number of aromatic nitrogens is 4. The number of carbonyl (C=O) groups excluding carboxylic acids is 1. The lowest BCUT2D eigenvalue weighted by atomic mass is 10.2. The Labute approximate surface area is 223 Å². The summed E-state index contributed by atoms with van der Waals surface area (Å²) in [5.41, 5.74) is 4.81. The van der Waals surface area contributed by atoms with Crippen molar-refractivity contribution in [3.63, 3.8) is 0 Å². The molecule has 0 atom stereocenters. The molecule has 12 heteroatoms. The topological polar surface area (TPSA) is 148 Å². The average molecular weight is 543 g/mol. The van der Waals surface area contributed by atoms with Gasteiger partial charge in [0, 0.05) is 36.6 Å². The van der Waals surface area contributed by atoms with E-state index in [1.165, 1.54) is 17.7 Å². The minimum Gasteiger partial charge on any atom is -0.444 e. The molecule has 0 unspecified atom stereocenters. The summed E-state index contributed by atoms with van der Waals surface area (Å²) in [6, 6.07) is 5.99. The summed E-state index contributed by atoms with van der Waals surface area (Å²) in [6.45, 7) is 14.0. The first-order chi connectivity index (χ1) is 17.7. The molecule has 2 aliphatic rings. The summed E-state index contributed by atoms with van der Waals surface area (Å²) in [6.07, 6.45) is 3.38. The highest BCUT2D eigenvalue weighted by molar-refractivity contribution is 7.85. The summed E-state index contributed by atoms with van der Waals surface area (Å²) >= 11 is 0. The number of benzene rings is 1. The molecule has 0 aliphatic carbocycles. The zero-order chi connectivity index (χ0) is 28.1. The molecular weight excluding hydrogens is 508 g/mol. The van der Waals surface area contributed by atoms with Crippen LogP contribution in [-0.4, -0.2) is 49.5 Å². The van der Waals surface area contributed by atoms with Crippen LogP contribution >= 0.6 is 0 Å². The van der Waals surface area contributed by atoms with Crippen LogP contribution in [0.25, 0.3) is 0 Å². The molecule has 3 aromatic rings. The lowest BCUT2D eigenvalue weighted by Gasteiger charge is -2.23. The van der Waals surface area contributed by atoms with Gasteiger partial charge in [-0.1, -0.05) is 17.7 Å².